The van der Waals surface area contributed by atoms with Crippen molar-refractivity contribution < 1.29 is 9.90 Å². The molecule has 0 spiro atoms. The first kappa shape index (κ1) is 14.4. The zero-order valence-electron chi connectivity index (χ0n) is 9.49. The van der Waals surface area contributed by atoms with Crippen molar-refractivity contribution in [3.63, 3.8) is 0 Å². The number of aliphatic hydroxyl groups is 1. The number of carbonyl (C=O) groups excluding carboxylic acids is 1. The number of hydrogen-bond donors (Lipinski definition) is 2. The van der Waals surface area contributed by atoms with Gasteiger partial charge < -0.3 is 10.4 Å². The predicted octanol–water partition coefficient (Wildman–Crippen LogP) is 2.78. The second-order valence-corrected chi connectivity index (χ2v) is 5.16. The summed E-state index contributed by atoms with van der Waals surface area (Å²) in [6.07, 6.45) is 1.25. The predicted molar refractivity (Wildman–Crippen MR) is 73.7 cm³/mol. The fourth-order valence-electron chi connectivity index (χ4n) is 1.22. The van der Waals surface area contributed by atoms with Crippen molar-refractivity contribution in [3.8, 4) is 0 Å². The third-order valence-electron chi connectivity index (χ3n) is 2.03. The summed E-state index contributed by atoms with van der Waals surface area (Å²) in [6, 6.07) is 7.09. The van der Waals surface area contributed by atoms with E-state index < -0.39 is 0 Å². The smallest absolute Gasteiger partial charge is 0.225 e. The van der Waals surface area contributed by atoms with Crippen LogP contribution in [-0.4, -0.2) is 29.1 Å². The summed E-state index contributed by atoms with van der Waals surface area (Å²) in [5, 5.41) is 12.0. The van der Waals surface area contributed by atoms with Gasteiger partial charge in [-0.3, -0.25) is 4.79 Å². The van der Waals surface area contributed by atoms with Crippen LogP contribution in [0.2, 0.25) is 5.02 Å². The maximum atomic E-state index is 11.5. The highest BCUT2D eigenvalue weighted by Crippen LogP contribution is 2.15. The van der Waals surface area contributed by atoms with Gasteiger partial charge in [-0.05, 0) is 30.4 Å². The quantitative estimate of drug-likeness (QED) is 0.751. The van der Waals surface area contributed by atoms with E-state index in [1.54, 1.807) is 30.0 Å². The Morgan fingerprint density at radius 2 is 2.24 bits per heavy atom. The van der Waals surface area contributed by atoms with Crippen LogP contribution < -0.4 is 5.32 Å². The van der Waals surface area contributed by atoms with E-state index in [1.807, 2.05) is 6.07 Å². The van der Waals surface area contributed by atoms with E-state index in [0.717, 1.165) is 23.6 Å². The van der Waals surface area contributed by atoms with E-state index in [-0.39, 0.29) is 12.5 Å². The molecule has 0 aliphatic heterocycles. The van der Waals surface area contributed by atoms with E-state index in [1.165, 1.54) is 0 Å². The number of aliphatic hydroxyl groups excluding tert-OH is 1. The lowest BCUT2D eigenvalue weighted by molar-refractivity contribution is -0.115. The Morgan fingerprint density at radius 1 is 1.41 bits per heavy atom. The van der Waals surface area contributed by atoms with Crippen LogP contribution in [0.25, 0.3) is 0 Å². The Morgan fingerprint density at radius 3 is 2.94 bits per heavy atom. The molecule has 1 amide bonds. The van der Waals surface area contributed by atoms with E-state index >= 15 is 0 Å². The molecule has 3 nitrogen and oxygen atoms in total. The topological polar surface area (TPSA) is 49.3 Å². The lowest BCUT2D eigenvalue weighted by Crippen LogP contribution is -2.12. The average Bonchev–Trinajstić information content (AvgIpc) is 2.29. The zero-order chi connectivity index (χ0) is 12.5. The molecule has 2 N–H and O–H groups in total. The highest BCUT2D eigenvalue weighted by Gasteiger charge is 2.02. The van der Waals surface area contributed by atoms with Crippen molar-refractivity contribution in [2.75, 3.05) is 23.4 Å². The summed E-state index contributed by atoms with van der Waals surface area (Å²) in [5.74, 6) is 1.65. The monoisotopic (exact) mass is 273 g/mol. The average molecular weight is 274 g/mol. The van der Waals surface area contributed by atoms with Crippen LogP contribution in [0.3, 0.4) is 0 Å². The first-order chi connectivity index (χ1) is 8.22. The normalized spacial score (nSPS) is 10.2. The first-order valence-corrected chi connectivity index (χ1v) is 6.99. The highest BCUT2D eigenvalue weighted by atomic mass is 35.5. The second-order valence-electron chi connectivity index (χ2n) is 3.50. The third-order valence-corrected chi connectivity index (χ3v) is 3.33. The Hall–Kier alpha value is -0.710. The van der Waals surface area contributed by atoms with E-state index in [0.29, 0.717) is 11.4 Å². The first-order valence-electron chi connectivity index (χ1n) is 5.46. The fraction of sp³-hybridized carbons (Fsp3) is 0.417. The van der Waals surface area contributed by atoms with E-state index in [2.05, 4.69) is 5.32 Å². The van der Waals surface area contributed by atoms with Gasteiger partial charge in [0.2, 0.25) is 5.91 Å². The number of thioether (sulfide) groups is 1. The lowest BCUT2D eigenvalue weighted by Gasteiger charge is -2.05. The number of carbonyl (C=O) groups is 1. The van der Waals surface area contributed by atoms with E-state index in [9.17, 15) is 4.79 Å². The lowest BCUT2D eigenvalue weighted by atomic mass is 10.3. The van der Waals surface area contributed by atoms with Crippen molar-refractivity contribution in [2.45, 2.75) is 12.8 Å². The van der Waals surface area contributed by atoms with E-state index in [4.69, 9.17) is 16.7 Å². The number of nitrogens with one attached hydrogen (secondary N) is 1. The van der Waals surface area contributed by atoms with Crippen LogP contribution in [0.4, 0.5) is 5.69 Å². The zero-order valence-corrected chi connectivity index (χ0v) is 11.1. The van der Waals surface area contributed by atoms with Gasteiger partial charge in [-0.2, -0.15) is 11.8 Å². The highest BCUT2D eigenvalue weighted by molar-refractivity contribution is 7.99. The summed E-state index contributed by atoms with van der Waals surface area (Å²) >= 11 is 7.48. The van der Waals surface area contributed by atoms with Gasteiger partial charge >= 0.3 is 0 Å². The molecule has 0 heterocycles. The molecule has 0 aliphatic carbocycles. The minimum Gasteiger partial charge on any atom is -0.396 e. The number of hydrogen-bond acceptors (Lipinski definition) is 3. The molecular weight excluding hydrogens is 258 g/mol. The van der Waals surface area contributed by atoms with Crippen LogP contribution in [0.1, 0.15) is 12.8 Å². The third kappa shape index (κ3) is 6.56. The van der Waals surface area contributed by atoms with Gasteiger partial charge in [0.25, 0.3) is 0 Å². The van der Waals surface area contributed by atoms with Crippen LogP contribution >= 0.6 is 23.4 Å². The van der Waals surface area contributed by atoms with Crippen molar-refractivity contribution >= 4 is 35.0 Å². The molecule has 0 aliphatic rings. The van der Waals surface area contributed by atoms with Crippen molar-refractivity contribution in [3.05, 3.63) is 29.3 Å². The molecule has 17 heavy (non-hydrogen) atoms. The van der Waals surface area contributed by atoms with Crippen molar-refractivity contribution in [1.29, 1.82) is 0 Å². The van der Waals surface area contributed by atoms with Crippen molar-refractivity contribution in [1.82, 2.24) is 0 Å². The standard InChI is InChI=1S/C12H16ClNO2S/c13-10-3-1-4-11(9-10)14-12(16)5-8-17-7-2-6-15/h1,3-4,9,15H,2,5-8H2,(H,14,16). The van der Waals surface area contributed by atoms with Crippen LogP contribution in [0, 0.1) is 0 Å². The number of rotatable bonds is 7. The number of halogens is 1. The van der Waals surface area contributed by atoms with Crippen LogP contribution in [0.5, 0.6) is 0 Å². The Balaban J connectivity index is 2.21. The van der Waals surface area contributed by atoms with Gasteiger partial charge in [-0.25, -0.2) is 0 Å². The molecular formula is C12H16ClNO2S. The molecule has 0 atom stereocenters. The summed E-state index contributed by atoms with van der Waals surface area (Å²) < 4.78 is 0. The SMILES string of the molecule is O=C(CCSCCCO)Nc1cccc(Cl)c1. The fourth-order valence-corrected chi connectivity index (χ4v) is 2.28. The number of amides is 1. The molecule has 0 bridgehead atoms. The van der Waals surface area contributed by atoms with Gasteiger partial charge in [0.05, 0.1) is 0 Å². The largest absolute Gasteiger partial charge is 0.396 e. The molecule has 1 aromatic carbocycles. The number of benzene rings is 1. The summed E-state index contributed by atoms with van der Waals surface area (Å²) in [7, 11) is 0. The maximum Gasteiger partial charge on any atom is 0.225 e. The van der Waals surface area contributed by atoms with Crippen LogP contribution in [-0.2, 0) is 4.79 Å². The van der Waals surface area contributed by atoms with Gasteiger partial charge in [0.1, 0.15) is 0 Å². The molecule has 0 aromatic heterocycles. The second kappa shape index (κ2) is 8.39. The Kier molecular flexibility index (Phi) is 7.08. The van der Waals surface area contributed by atoms with Crippen molar-refractivity contribution in [2.24, 2.45) is 0 Å². The Labute approximate surface area is 111 Å². The van der Waals surface area contributed by atoms with Gasteiger partial charge in [0.15, 0.2) is 0 Å². The minimum absolute atomic E-state index is 0.0104. The number of anilines is 1. The van der Waals surface area contributed by atoms with Gasteiger partial charge in [-0.15, -0.1) is 0 Å². The molecule has 0 saturated carbocycles. The molecule has 0 fully saturated rings. The molecule has 0 saturated heterocycles. The minimum atomic E-state index is -0.0104. The summed E-state index contributed by atoms with van der Waals surface area (Å²) in [4.78, 5) is 11.5. The molecule has 1 rings (SSSR count). The Bertz CT molecular complexity index is 360. The molecule has 1 aromatic rings. The summed E-state index contributed by atoms with van der Waals surface area (Å²) in [6.45, 7) is 0.210. The molecule has 0 radical (unpaired) electrons. The summed E-state index contributed by atoms with van der Waals surface area (Å²) in [5.41, 5.74) is 0.725. The van der Waals surface area contributed by atoms with Gasteiger partial charge in [-0.1, -0.05) is 17.7 Å². The molecule has 0 unspecified atom stereocenters. The van der Waals surface area contributed by atoms with Gasteiger partial charge in [0, 0.05) is 29.5 Å². The molecule has 5 heteroatoms. The maximum absolute atomic E-state index is 11.5. The van der Waals surface area contributed by atoms with Crippen LogP contribution in [0.15, 0.2) is 24.3 Å². The molecule has 94 valence electrons.